The Morgan fingerprint density at radius 3 is 1.73 bits per heavy atom. The normalized spacial score (nSPS) is 16.4. The summed E-state index contributed by atoms with van der Waals surface area (Å²) < 4.78 is 16.3. The van der Waals surface area contributed by atoms with Gasteiger partial charge in [0.25, 0.3) is 0 Å². The van der Waals surface area contributed by atoms with Gasteiger partial charge in [-0.1, -0.05) is 33.6 Å². The summed E-state index contributed by atoms with van der Waals surface area (Å²) in [7, 11) is 2.66. The number of hydrogen-bond acceptors (Lipinski definition) is 3. The molecule has 2 unspecified atom stereocenters. The summed E-state index contributed by atoms with van der Waals surface area (Å²) >= 11 is 0. The minimum Gasteiger partial charge on any atom is -0.377 e. The van der Waals surface area contributed by atoms with Crippen LogP contribution in [0.15, 0.2) is 0 Å². The molecule has 2 atom stereocenters. The van der Waals surface area contributed by atoms with Crippen molar-refractivity contribution < 1.29 is 13.3 Å². The van der Waals surface area contributed by atoms with E-state index in [-0.39, 0.29) is 0 Å². The first kappa shape index (κ1) is 15.1. The van der Waals surface area contributed by atoms with Crippen LogP contribution < -0.4 is 0 Å². The SMILES string of the molecule is CCCC(C)C(C)C[Si](OC)(OC)OC. The van der Waals surface area contributed by atoms with Crippen LogP contribution in [0, 0.1) is 11.8 Å². The Morgan fingerprint density at radius 1 is 0.933 bits per heavy atom. The van der Waals surface area contributed by atoms with Crippen molar-refractivity contribution in [2.24, 2.45) is 11.8 Å². The molecule has 92 valence electrons. The van der Waals surface area contributed by atoms with Gasteiger partial charge in [0.15, 0.2) is 0 Å². The first-order valence-electron chi connectivity index (χ1n) is 5.70. The van der Waals surface area contributed by atoms with Crippen molar-refractivity contribution in [2.75, 3.05) is 21.3 Å². The number of rotatable bonds is 8. The van der Waals surface area contributed by atoms with Crippen molar-refractivity contribution in [3.8, 4) is 0 Å². The smallest absolute Gasteiger partial charge is 0.377 e. The molecule has 0 saturated carbocycles. The Labute approximate surface area is 95.5 Å². The maximum atomic E-state index is 5.43. The third-order valence-corrected chi connectivity index (χ3v) is 6.23. The van der Waals surface area contributed by atoms with Crippen LogP contribution in [0.2, 0.25) is 6.04 Å². The van der Waals surface area contributed by atoms with Crippen LogP contribution in [-0.2, 0) is 13.3 Å². The van der Waals surface area contributed by atoms with E-state index in [1.165, 1.54) is 12.8 Å². The van der Waals surface area contributed by atoms with E-state index < -0.39 is 8.80 Å². The van der Waals surface area contributed by atoms with Gasteiger partial charge in [0.05, 0.1) is 0 Å². The average molecular weight is 234 g/mol. The Balaban J connectivity index is 4.27. The lowest BCUT2D eigenvalue weighted by Gasteiger charge is -2.29. The lowest BCUT2D eigenvalue weighted by atomic mass is 9.93. The van der Waals surface area contributed by atoms with Crippen LogP contribution >= 0.6 is 0 Å². The zero-order chi connectivity index (χ0) is 11.9. The molecule has 0 aromatic heterocycles. The van der Waals surface area contributed by atoms with Crippen LogP contribution in [-0.4, -0.2) is 30.1 Å². The van der Waals surface area contributed by atoms with E-state index in [9.17, 15) is 0 Å². The van der Waals surface area contributed by atoms with Crippen molar-refractivity contribution in [1.29, 1.82) is 0 Å². The highest BCUT2D eigenvalue weighted by molar-refractivity contribution is 6.60. The van der Waals surface area contributed by atoms with Crippen molar-refractivity contribution >= 4 is 8.80 Å². The molecule has 0 aliphatic carbocycles. The van der Waals surface area contributed by atoms with Crippen molar-refractivity contribution in [3.63, 3.8) is 0 Å². The van der Waals surface area contributed by atoms with Crippen LogP contribution in [0.25, 0.3) is 0 Å². The van der Waals surface area contributed by atoms with Crippen molar-refractivity contribution in [2.45, 2.75) is 39.7 Å². The van der Waals surface area contributed by atoms with E-state index in [4.69, 9.17) is 13.3 Å². The molecular weight excluding hydrogens is 208 g/mol. The van der Waals surface area contributed by atoms with Crippen molar-refractivity contribution in [1.82, 2.24) is 0 Å². The van der Waals surface area contributed by atoms with Gasteiger partial charge < -0.3 is 13.3 Å². The molecule has 0 radical (unpaired) electrons. The molecule has 15 heavy (non-hydrogen) atoms. The summed E-state index contributed by atoms with van der Waals surface area (Å²) in [4.78, 5) is 0. The first-order chi connectivity index (χ1) is 7.05. The lowest BCUT2D eigenvalue weighted by Crippen LogP contribution is -2.44. The molecule has 0 amide bonds. The van der Waals surface area contributed by atoms with E-state index in [0.717, 1.165) is 6.04 Å². The second-order valence-electron chi connectivity index (χ2n) is 4.24. The standard InChI is InChI=1S/C11H26O3Si/c1-7-8-10(2)11(3)9-15(12-4,13-5)14-6/h10-11H,7-9H2,1-6H3. The third-order valence-electron chi connectivity index (χ3n) is 3.22. The highest BCUT2D eigenvalue weighted by atomic mass is 28.4. The molecule has 0 bridgehead atoms. The molecule has 0 heterocycles. The first-order valence-corrected chi connectivity index (χ1v) is 7.63. The Hall–Kier alpha value is 0.0969. The van der Waals surface area contributed by atoms with E-state index in [1.807, 2.05) is 0 Å². The zero-order valence-electron chi connectivity index (χ0n) is 11.0. The summed E-state index contributed by atoms with van der Waals surface area (Å²) in [5, 5.41) is 0. The highest BCUT2D eigenvalue weighted by Crippen LogP contribution is 2.27. The molecule has 0 rings (SSSR count). The molecule has 4 heteroatoms. The van der Waals surface area contributed by atoms with E-state index in [2.05, 4.69) is 20.8 Å². The van der Waals surface area contributed by atoms with E-state index in [1.54, 1.807) is 21.3 Å². The van der Waals surface area contributed by atoms with Gasteiger partial charge in [-0.2, -0.15) is 0 Å². The Morgan fingerprint density at radius 2 is 1.40 bits per heavy atom. The molecule has 0 spiro atoms. The fourth-order valence-electron chi connectivity index (χ4n) is 1.84. The van der Waals surface area contributed by atoms with Gasteiger partial charge in [-0.25, -0.2) is 0 Å². The number of hydrogen-bond donors (Lipinski definition) is 0. The quantitative estimate of drug-likeness (QED) is 0.604. The van der Waals surface area contributed by atoms with E-state index >= 15 is 0 Å². The zero-order valence-corrected chi connectivity index (χ0v) is 12.0. The predicted octanol–water partition coefficient (Wildman–Crippen LogP) is 2.94. The van der Waals surface area contributed by atoms with Crippen LogP contribution in [0.5, 0.6) is 0 Å². The maximum absolute atomic E-state index is 5.43. The largest absolute Gasteiger partial charge is 0.500 e. The summed E-state index contributed by atoms with van der Waals surface area (Å²) in [6, 6.07) is 0.900. The molecular formula is C11H26O3Si. The molecule has 0 aliphatic rings. The van der Waals surface area contributed by atoms with Gasteiger partial charge in [0, 0.05) is 27.4 Å². The minimum absolute atomic E-state index is 0.580. The van der Waals surface area contributed by atoms with Gasteiger partial charge >= 0.3 is 8.80 Å². The maximum Gasteiger partial charge on any atom is 0.500 e. The van der Waals surface area contributed by atoms with E-state index in [0.29, 0.717) is 11.8 Å². The lowest BCUT2D eigenvalue weighted by molar-refractivity contribution is 0.115. The van der Waals surface area contributed by atoms with Gasteiger partial charge in [0.2, 0.25) is 0 Å². The van der Waals surface area contributed by atoms with Gasteiger partial charge in [-0.3, -0.25) is 0 Å². The van der Waals surface area contributed by atoms with Crippen LogP contribution in [0.3, 0.4) is 0 Å². The van der Waals surface area contributed by atoms with Crippen LogP contribution in [0.1, 0.15) is 33.6 Å². The van der Waals surface area contributed by atoms with Gasteiger partial charge in [-0.15, -0.1) is 0 Å². The molecule has 0 aromatic rings. The van der Waals surface area contributed by atoms with Gasteiger partial charge in [0.1, 0.15) is 0 Å². The monoisotopic (exact) mass is 234 g/mol. The third kappa shape index (κ3) is 4.63. The molecule has 3 nitrogen and oxygen atoms in total. The Kier molecular flexibility index (Phi) is 7.43. The minimum atomic E-state index is -2.37. The predicted molar refractivity (Wildman–Crippen MR) is 64.8 cm³/mol. The molecule has 0 aliphatic heterocycles. The molecule has 0 saturated heterocycles. The molecule has 0 N–H and O–H groups in total. The molecule has 0 fully saturated rings. The summed E-state index contributed by atoms with van der Waals surface area (Å²) in [5.41, 5.74) is 0. The van der Waals surface area contributed by atoms with Crippen LogP contribution in [0.4, 0.5) is 0 Å². The summed E-state index contributed by atoms with van der Waals surface area (Å²) in [6.07, 6.45) is 2.48. The second-order valence-corrected chi connectivity index (χ2v) is 7.24. The Bertz CT molecular complexity index is 152. The van der Waals surface area contributed by atoms with Gasteiger partial charge in [-0.05, 0) is 11.8 Å². The fraction of sp³-hybridized carbons (Fsp3) is 1.00. The summed E-state index contributed by atoms with van der Waals surface area (Å²) in [5.74, 6) is 1.28. The fourth-order valence-corrected chi connectivity index (χ4v) is 4.03. The average Bonchev–Trinajstić information content (AvgIpc) is 2.26. The molecule has 0 aromatic carbocycles. The topological polar surface area (TPSA) is 27.7 Å². The highest BCUT2D eigenvalue weighted by Gasteiger charge is 2.40. The van der Waals surface area contributed by atoms with Crippen molar-refractivity contribution in [3.05, 3.63) is 0 Å². The second kappa shape index (κ2) is 7.38. The summed E-state index contributed by atoms with van der Waals surface area (Å²) in [6.45, 7) is 6.75.